The van der Waals surface area contributed by atoms with Crippen LogP contribution in [0.2, 0.25) is 0 Å². The lowest BCUT2D eigenvalue weighted by atomic mass is 10.1. The molecular weight excluding hydrogens is 304 g/mol. The highest BCUT2D eigenvalue weighted by Crippen LogP contribution is 2.28. The number of nitrogens with one attached hydrogen (secondary N) is 1. The van der Waals surface area contributed by atoms with E-state index in [9.17, 15) is 8.42 Å². The van der Waals surface area contributed by atoms with Gasteiger partial charge in [-0.2, -0.15) is 4.31 Å². The van der Waals surface area contributed by atoms with Gasteiger partial charge < -0.3 is 5.32 Å². The van der Waals surface area contributed by atoms with E-state index in [4.69, 9.17) is 0 Å². The van der Waals surface area contributed by atoms with Gasteiger partial charge >= 0.3 is 0 Å². The predicted molar refractivity (Wildman–Crippen MR) is 88.1 cm³/mol. The van der Waals surface area contributed by atoms with E-state index >= 15 is 0 Å². The first kappa shape index (κ1) is 16.9. The Morgan fingerprint density at radius 2 is 2.14 bits per heavy atom. The molecule has 1 fully saturated rings. The van der Waals surface area contributed by atoms with Gasteiger partial charge in [0, 0.05) is 25.2 Å². The highest BCUT2D eigenvalue weighted by atomic mass is 32.2. The third kappa shape index (κ3) is 4.28. The molecule has 1 N–H and O–H groups in total. The summed E-state index contributed by atoms with van der Waals surface area (Å²) in [5.41, 5.74) is 1.05. The van der Waals surface area contributed by atoms with Crippen LogP contribution in [0.4, 0.5) is 0 Å². The first-order valence-corrected chi connectivity index (χ1v) is 10.1. The van der Waals surface area contributed by atoms with Crippen LogP contribution < -0.4 is 5.32 Å². The Morgan fingerprint density at radius 1 is 1.38 bits per heavy atom. The first-order valence-electron chi connectivity index (χ1n) is 7.74. The van der Waals surface area contributed by atoms with E-state index in [1.165, 1.54) is 11.3 Å². The normalized spacial score (nSPS) is 21.6. The quantitative estimate of drug-likeness (QED) is 0.902. The SMILES string of the molecule is CC(C)NCc1csc(S(=O)(=O)N2CCCCCC2C)c1. The zero-order valence-electron chi connectivity index (χ0n) is 13.1. The Morgan fingerprint density at radius 3 is 2.86 bits per heavy atom. The highest BCUT2D eigenvalue weighted by Gasteiger charge is 2.31. The van der Waals surface area contributed by atoms with Gasteiger partial charge in [-0.25, -0.2) is 8.42 Å². The van der Waals surface area contributed by atoms with Crippen molar-refractivity contribution in [2.45, 2.75) is 69.3 Å². The number of sulfonamides is 1. The smallest absolute Gasteiger partial charge is 0.252 e. The maximum atomic E-state index is 12.8. The topological polar surface area (TPSA) is 49.4 Å². The molecule has 1 aromatic heterocycles. The average molecular weight is 331 g/mol. The van der Waals surface area contributed by atoms with Gasteiger partial charge in [0.05, 0.1) is 0 Å². The van der Waals surface area contributed by atoms with Crippen LogP contribution in [0.15, 0.2) is 15.7 Å². The summed E-state index contributed by atoms with van der Waals surface area (Å²) < 4.78 is 27.8. The average Bonchev–Trinajstić information content (AvgIpc) is 2.79. The summed E-state index contributed by atoms with van der Waals surface area (Å²) in [6.07, 6.45) is 4.19. The number of rotatable bonds is 5. The van der Waals surface area contributed by atoms with Crippen LogP contribution in [-0.4, -0.2) is 31.4 Å². The van der Waals surface area contributed by atoms with E-state index in [2.05, 4.69) is 19.2 Å². The first-order chi connectivity index (χ1) is 9.91. The number of hydrogen-bond acceptors (Lipinski definition) is 4. The second-order valence-corrected chi connectivity index (χ2v) is 9.15. The van der Waals surface area contributed by atoms with Crippen molar-refractivity contribution < 1.29 is 8.42 Å². The molecule has 120 valence electrons. The Balaban J connectivity index is 2.15. The van der Waals surface area contributed by atoms with Crippen LogP contribution in [0.25, 0.3) is 0 Å². The Kier molecular flexibility index (Phi) is 5.82. The fourth-order valence-electron chi connectivity index (χ4n) is 2.62. The number of nitrogens with zero attached hydrogens (tertiary/aromatic N) is 1. The van der Waals surface area contributed by atoms with Crippen LogP contribution in [0.3, 0.4) is 0 Å². The van der Waals surface area contributed by atoms with Crippen molar-refractivity contribution in [2.75, 3.05) is 6.54 Å². The largest absolute Gasteiger partial charge is 0.310 e. The van der Waals surface area contributed by atoms with E-state index in [0.29, 0.717) is 16.8 Å². The molecule has 0 amide bonds. The van der Waals surface area contributed by atoms with Crippen LogP contribution >= 0.6 is 11.3 Å². The van der Waals surface area contributed by atoms with Crippen molar-refractivity contribution in [3.05, 3.63) is 17.0 Å². The third-order valence-corrected chi connectivity index (χ3v) is 7.38. The molecule has 0 bridgehead atoms. The Hall–Kier alpha value is -0.430. The van der Waals surface area contributed by atoms with Crippen molar-refractivity contribution in [3.8, 4) is 0 Å². The van der Waals surface area contributed by atoms with Crippen molar-refractivity contribution in [1.82, 2.24) is 9.62 Å². The van der Waals surface area contributed by atoms with E-state index in [1.54, 1.807) is 4.31 Å². The summed E-state index contributed by atoms with van der Waals surface area (Å²) in [7, 11) is -3.33. The van der Waals surface area contributed by atoms with Gasteiger partial charge in [0.2, 0.25) is 0 Å². The second-order valence-electron chi connectivity index (χ2n) is 6.12. The summed E-state index contributed by atoms with van der Waals surface area (Å²) in [6.45, 7) is 7.57. The number of thiophene rings is 1. The minimum Gasteiger partial charge on any atom is -0.310 e. The van der Waals surface area contributed by atoms with E-state index in [1.807, 2.05) is 18.4 Å². The van der Waals surface area contributed by atoms with Gasteiger partial charge in [0.1, 0.15) is 4.21 Å². The lowest BCUT2D eigenvalue weighted by Crippen LogP contribution is -2.37. The van der Waals surface area contributed by atoms with Crippen molar-refractivity contribution in [2.24, 2.45) is 0 Å². The standard InChI is InChI=1S/C15H26N2O2S2/c1-12(2)16-10-14-9-15(20-11-14)21(18,19)17-8-6-4-5-7-13(17)3/h9,11-13,16H,4-8,10H2,1-3H3. The molecule has 0 spiro atoms. The van der Waals surface area contributed by atoms with Crippen LogP contribution in [0, 0.1) is 0 Å². The van der Waals surface area contributed by atoms with E-state index in [0.717, 1.165) is 37.8 Å². The molecule has 4 nitrogen and oxygen atoms in total. The molecule has 2 rings (SSSR count). The van der Waals surface area contributed by atoms with Gasteiger partial charge in [-0.3, -0.25) is 0 Å². The lowest BCUT2D eigenvalue weighted by Gasteiger charge is -2.25. The van der Waals surface area contributed by atoms with Gasteiger partial charge in [-0.15, -0.1) is 11.3 Å². The molecule has 6 heteroatoms. The molecule has 1 aliphatic heterocycles. The predicted octanol–water partition coefficient (Wildman–Crippen LogP) is 3.20. The summed E-state index contributed by atoms with van der Waals surface area (Å²) in [5, 5.41) is 5.27. The molecular formula is C15H26N2O2S2. The van der Waals surface area contributed by atoms with Gasteiger partial charge in [-0.1, -0.05) is 26.7 Å². The maximum Gasteiger partial charge on any atom is 0.252 e. The molecule has 0 aliphatic carbocycles. The van der Waals surface area contributed by atoms with Crippen molar-refractivity contribution >= 4 is 21.4 Å². The van der Waals surface area contributed by atoms with Crippen LogP contribution in [-0.2, 0) is 16.6 Å². The summed E-state index contributed by atoms with van der Waals surface area (Å²) in [6, 6.07) is 2.33. The fraction of sp³-hybridized carbons (Fsp3) is 0.733. The lowest BCUT2D eigenvalue weighted by molar-refractivity contribution is 0.343. The maximum absolute atomic E-state index is 12.8. The zero-order chi connectivity index (χ0) is 15.5. The molecule has 1 aliphatic rings. The summed E-state index contributed by atoms with van der Waals surface area (Å²) in [5.74, 6) is 0. The monoisotopic (exact) mass is 330 g/mol. The fourth-order valence-corrected chi connectivity index (χ4v) is 5.66. The zero-order valence-corrected chi connectivity index (χ0v) is 14.8. The minimum atomic E-state index is -3.33. The van der Waals surface area contributed by atoms with Gasteiger partial charge in [0.25, 0.3) is 10.0 Å². The highest BCUT2D eigenvalue weighted by molar-refractivity contribution is 7.91. The van der Waals surface area contributed by atoms with Crippen molar-refractivity contribution in [3.63, 3.8) is 0 Å². The van der Waals surface area contributed by atoms with Gasteiger partial charge in [-0.05, 0) is 36.8 Å². The van der Waals surface area contributed by atoms with Crippen molar-refractivity contribution in [1.29, 1.82) is 0 Å². The molecule has 0 radical (unpaired) electrons. The van der Waals surface area contributed by atoms with E-state index in [-0.39, 0.29) is 6.04 Å². The molecule has 1 unspecified atom stereocenters. The number of hydrogen-bond donors (Lipinski definition) is 1. The van der Waals surface area contributed by atoms with E-state index < -0.39 is 10.0 Å². The molecule has 1 aromatic rings. The molecule has 0 saturated carbocycles. The molecule has 21 heavy (non-hydrogen) atoms. The van der Waals surface area contributed by atoms with Gasteiger partial charge in [0.15, 0.2) is 0 Å². The summed E-state index contributed by atoms with van der Waals surface area (Å²) >= 11 is 1.34. The minimum absolute atomic E-state index is 0.108. The van der Waals surface area contributed by atoms with Crippen LogP contribution in [0.1, 0.15) is 52.0 Å². The second kappa shape index (κ2) is 7.22. The molecule has 1 atom stereocenters. The molecule has 2 heterocycles. The Bertz CT molecular complexity index is 552. The molecule has 0 aromatic carbocycles. The summed E-state index contributed by atoms with van der Waals surface area (Å²) in [4.78, 5) is 0. The molecule has 1 saturated heterocycles. The van der Waals surface area contributed by atoms with Crippen LogP contribution in [0.5, 0.6) is 0 Å². The third-order valence-electron chi connectivity index (χ3n) is 3.90. The Labute approximate surface area is 132 Å².